The first kappa shape index (κ1) is 12.6. The summed E-state index contributed by atoms with van der Waals surface area (Å²) in [6.45, 7) is 8.76. The molecule has 3 nitrogen and oxygen atoms in total. The average Bonchev–Trinajstić information content (AvgIpc) is 2.28. The van der Waals surface area contributed by atoms with Gasteiger partial charge in [0.15, 0.2) is 5.96 Å². The third kappa shape index (κ3) is 3.93. The third-order valence-corrected chi connectivity index (χ3v) is 2.36. The zero-order valence-electron chi connectivity index (χ0n) is 10.4. The van der Waals surface area contributed by atoms with Crippen molar-refractivity contribution in [1.82, 2.24) is 10.6 Å². The minimum atomic E-state index is 0.724. The first-order chi connectivity index (χ1) is 7.77. The number of rotatable bonds is 4. The molecule has 0 amide bonds. The molecule has 88 valence electrons. The number of nitrogens with zero attached hydrogens (tertiary/aromatic N) is 1. The number of aliphatic imine (C=N–C) groups is 1. The highest BCUT2D eigenvalue weighted by molar-refractivity contribution is 5.79. The van der Waals surface area contributed by atoms with Gasteiger partial charge in [-0.1, -0.05) is 24.3 Å². The highest BCUT2D eigenvalue weighted by atomic mass is 15.2. The van der Waals surface area contributed by atoms with E-state index in [0.717, 1.165) is 25.6 Å². The van der Waals surface area contributed by atoms with E-state index < -0.39 is 0 Å². The molecule has 0 fully saturated rings. The van der Waals surface area contributed by atoms with Crippen molar-refractivity contribution in [3.8, 4) is 0 Å². The van der Waals surface area contributed by atoms with E-state index in [1.54, 1.807) is 0 Å². The van der Waals surface area contributed by atoms with Crippen LogP contribution in [0.3, 0.4) is 0 Å². The maximum Gasteiger partial charge on any atom is 0.191 e. The summed E-state index contributed by atoms with van der Waals surface area (Å²) in [5.74, 6) is 0.883. The summed E-state index contributed by atoms with van der Waals surface area (Å²) in [5, 5.41) is 6.42. The number of aryl methyl sites for hydroxylation is 1. The molecular weight excluding hydrogens is 198 g/mol. The molecule has 3 heteroatoms. The van der Waals surface area contributed by atoms with E-state index in [2.05, 4.69) is 60.7 Å². The maximum atomic E-state index is 4.53. The highest BCUT2D eigenvalue weighted by Gasteiger charge is 1.97. The summed E-state index contributed by atoms with van der Waals surface area (Å²) >= 11 is 0. The van der Waals surface area contributed by atoms with Crippen LogP contribution in [-0.4, -0.2) is 19.0 Å². The van der Waals surface area contributed by atoms with Gasteiger partial charge in [-0.15, -0.1) is 0 Å². The summed E-state index contributed by atoms with van der Waals surface area (Å²) in [6, 6.07) is 8.34. The Bertz CT molecular complexity index is 337. The van der Waals surface area contributed by atoms with Crippen LogP contribution in [0.4, 0.5) is 0 Å². The standard InChI is InChI=1S/C13H21N3/c1-4-14-13(15-5-2)16-10-12-9-7-6-8-11(12)3/h6-9H,4-5,10H2,1-3H3,(H2,14,15,16). The predicted molar refractivity (Wildman–Crippen MR) is 69.7 cm³/mol. The Morgan fingerprint density at radius 1 is 1.12 bits per heavy atom. The summed E-state index contributed by atoms with van der Waals surface area (Å²) in [5.41, 5.74) is 2.56. The van der Waals surface area contributed by atoms with E-state index in [-0.39, 0.29) is 0 Å². The molecule has 0 radical (unpaired) electrons. The Kier molecular flexibility index (Phi) is 5.40. The second-order valence-corrected chi connectivity index (χ2v) is 3.65. The summed E-state index contributed by atoms with van der Waals surface area (Å²) < 4.78 is 0. The van der Waals surface area contributed by atoms with Gasteiger partial charge >= 0.3 is 0 Å². The van der Waals surface area contributed by atoms with E-state index in [1.807, 2.05) is 0 Å². The van der Waals surface area contributed by atoms with Gasteiger partial charge in [0.2, 0.25) is 0 Å². The molecule has 0 saturated heterocycles. The van der Waals surface area contributed by atoms with Crippen molar-refractivity contribution in [3.05, 3.63) is 35.4 Å². The molecule has 0 aliphatic heterocycles. The quantitative estimate of drug-likeness (QED) is 0.601. The lowest BCUT2D eigenvalue weighted by molar-refractivity contribution is 0.838. The average molecular weight is 219 g/mol. The summed E-state index contributed by atoms with van der Waals surface area (Å²) in [7, 11) is 0. The lowest BCUT2D eigenvalue weighted by Crippen LogP contribution is -2.36. The van der Waals surface area contributed by atoms with Crippen molar-refractivity contribution in [2.24, 2.45) is 4.99 Å². The minimum Gasteiger partial charge on any atom is -0.357 e. The fourth-order valence-electron chi connectivity index (χ4n) is 1.46. The minimum absolute atomic E-state index is 0.724. The van der Waals surface area contributed by atoms with Crippen LogP contribution >= 0.6 is 0 Å². The van der Waals surface area contributed by atoms with E-state index in [1.165, 1.54) is 11.1 Å². The number of guanidine groups is 1. The third-order valence-electron chi connectivity index (χ3n) is 2.36. The molecule has 0 spiro atoms. The molecule has 0 saturated carbocycles. The first-order valence-corrected chi connectivity index (χ1v) is 5.84. The molecule has 1 rings (SSSR count). The second kappa shape index (κ2) is 6.88. The molecule has 0 atom stereocenters. The molecule has 0 unspecified atom stereocenters. The van der Waals surface area contributed by atoms with Crippen LogP contribution in [0, 0.1) is 6.92 Å². The molecule has 0 bridgehead atoms. The van der Waals surface area contributed by atoms with Crippen LogP contribution in [0.25, 0.3) is 0 Å². The monoisotopic (exact) mass is 219 g/mol. The van der Waals surface area contributed by atoms with Crippen molar-refractivity contribution in [1.29, 1.82) is 0 Å². The summed E-state index contributed by atoms with van der Waals surface area (Å²) in [4.78, 5) is 4.53. The van der Waals surface area contributed by atoms with E-state index in [0.29, 0.717) is 0 Å². The molecule has 1 aromatic carbocycles. The lowest BCUT2D eigenvalue weighted by atomic mass is 10.1. The van der Waals surface area contributed by atoms with Crippen LogP contribution in [0.5, 0.6) is 0 Å². The van der Waals surface area contributed by atoms with Gasteiger partial charge in [0.25, 0.3) is 0 Å². The van der Waals surface area contributed by atoms with Gasteiger partial charge < -0.3 is 10.6 Å². The first-order valence-electron chi connectivity index (χ1n) is 5.84. The van der Waals surface area contributed by atoms with Gasteiger partial charge in [0.05, 0.1) is 6.54 Å². The van der Waals surface area contributed by atoms with Gasteiger partial charge in [0.1, 0.15) is 0 Å². The fourth-order valence-corrected chi connectivity index (χ4v) is 1.46. The van der Waals surface area contributed by atoms with Crippen molar-refractivity contribution >= 4 is 5.96 Å². The SMILES string of the molecule is CCNC(=NCc1ccccc1C)NCC. The maximum absolute atomic E-state index is 4.53. The van der Waals surface area contributed by atoms with Crippen LogP contribution in [0.15, 0.2) is 29.3 Å². The van der Waals surface area contributed by atoms with Crippen LogP contribution in [-0.2, 0) is 6.54 Å². The zero-order chi connectivity index (χ0) is 11.8. The highest BCUT2D eigenvalue weighted by Crippen LogP contribution is 2.07. The molecule has 1 aromatic rings. The molecule has 0 heterocycles. The van der Waals surface area contributed by atoms with Crippen LogP contribution in [0.2, 0.25) is 0 Å². The van der Waals surface area contributed by atoms with Crippen molar-refractivity contribution in [3.63, 3.8) is 0 Å². The number of hydrogen-bond acceptors (Lipinski definition) is 1. The Balaban J connectivity index is 2.65. The smallest absolute Gasteiger partial charge is 0.191 e. The Hall–Kier alpha value is -1.51. The lowest BCUT2D eigenvalue weighted by Gasteiger charge is -2.09. The molecule has 16 heavy (non-hydrogen) atoms. The largest absolute Gasteiger partial charge is 0.357 e. The van der Waals surface area contributed by atoms with E-state index in [4.69, 9.17) is 0 Å². The van der Waals surface area contributed by atoms with Gasteiger partial charge in [0, 0.05) is 13.1 Å². The predicted octanol–water partition coefficient (Wildman–Crippen LogP) is 2.07. The summed E-state index contributed by atoms with van der Waals surface area (Å²) in [6.07, 6.45) is 0. The van der Waals surface area contributed by atoms with Crippen LogP contribution < -0.4 is 10.6 Å². The number of nitrogens with one attached hydrogen (secondary N) is 2. The fraction of sp³-hybridized carbons (Fsp3) is 0.462. The molecule has 0 aliphatic carbocycles. The van der Waals surface area contributed by atoms with E-state index in [9.17, 15) is 0 Å². The zero-order valence-corrected chi connectivity index (χ0v) is 10.4. The topological polar surface area (TPSA) is 36.4 Å². The normalized spacial score (nSPS) is 9.69. The van der Waals surface area contributed by atoms with Crippen molar-refractivity contribution in [2.75, 3.05) is 13.1 Å². The van der Waals surface area contributed by atoms with Crippen molar-refractivity contribution in [2.45, 2.75) is 27.3 Å². The molecule has 0 aromatic heterocycles. The Morgan fingerprint density at radius 2 is 1.75 bits per heavy atom. The van der Waals surface area contributed by atoms with Gasteiger partial charge in [-0.25, -0.2) is 4.99 Å². The number of hydrogen-bond donors (Lipinski definition) is 2. The molecule has 0 aliphatic rings. The van der Waals surface area contributed by atoms with Gasteiger partial charge in [-0.2, -0.15) is 0 Å². The van der Waals surface area contributed by atoms with E-state index >= 15 is 0 Å². The molecular formula is C13H21N3. The van der Waals surface area contributed by atoms with Crippen LogP contribution in [0.1, 0.15) is 25.0 Å². The second-order valence-electron chi connectivity index (χ2n) is 3.65. The van der Waals surface area contributed by atoms with Crippen molar-refractivity contribution < 1.29 is 0 Å². The Labute approximate surface area is 98.0 Å². The molecule has 2 N–H and O–H groups in total. The Morgan fingerprint density at radius 3 is 2.31 bits per heavy atom. The number of benzene rings is 1. The van der Waals surface area contributed by atoms with Gasteiger partial charge in [-0.3, -0.25) is 0 Å². The van der Waals surface area contributed by atoms with Gasteiger partial charge in [-0.05, 0) is 31.9 Å².